The summed E-state index contributed by atoms with van der Waals surface area (Å²) in [5, 5.41) is 0.329. The van der Waals surface area contributed by atoms with E-state index in [1.165, 1.54) is 17.2 Å². The Bertz CT molecular complexity index is 480. The van der Waals surface area contributed by atoms with E-state index in [4.69, 9.17) is 28.9 Å². The van der Waals surface area contributed by atoms with Crippen LogP contribution < -0.4 is 5.73 Å². The zero-order valence-electron chi connectivity index (χ0n) is 10.5. The summed E-state index contributed by atoms with van der Waals surface area (Å²) in [4.78, 5) is 28.4. The van der Waals surface area contributed by atoms with Crippen LogP contribution >= 0.6 is 23.2 Å². The number of rotatable bonds is 6. The van der Waals surface area contributed by atoms with Crippen LogP contribution in [0.1, 0.15) is 30.1 Å². The second kappa shape index (κ2) is 7.31. The highest BCUT2D eigenvalue weighted by molar-refractivity contribution is 6.41. The van der Waals surface area contributed by atoms with Crippen LogP contribution in [0.5, 0.6) is 0 Å². The average molecular weight is 304 g/mol. The Morgan fingerprint density at radius 3 is 2.63 bits per heavy atom. The predicted molar refractivity (Wildman–Crippen MR) is 74.3 cm³/mol. The van der Waals surface area contributed by atoms with Gasteiger partial charge >= 0.3 is 0 Å². The van der Waals surface area contributed by atoms with Crippen LogP contribution in [0.15, 0.2) is 12.3 Å². The summed E-state index contributed by atoms with van der Waals surface area (Å²) in [6.45, 7) is 2.32. The average Bonchev–Trinajstić information content (AvgIpc) is 2.36. The monoisotopic (exact) mass is 303 g/mol. The summed E-state index contributed by atoms with van der Waals surface area (Å²) in [6.07, 6.45) is 3.02. The maximum absolute atomic E-state index is 12.2. The van der Waals surface area contributed by atoms with Crippen LogP contribution in [0.25, 0.3) is 0 Å². The Labute approximate surface area is 121 Å². The lowest BCUT2D eigenvalue weighted by Gasteiger charge is -2.20. The molecule has 7 heteroatoms. The standard InChI is InChI=1S/C12H15Cl2N3O2/c1-2-3-4-17(7-10(15)18)12(19)8-5-9(13)11(14)16-6-8/h5-6H,2-4,7H2,1H3,(H2,15,18). The first-order valence-electron chi connectivity index (χ1n) is 5.84. The fraction of sp³-hybridized carbons (Fsp3) is 0.417. The summed E-state index contributed by atoms with van der Waals surface area (Å²) < 4.78 is 0. The van der Waals surface area contributed by atoms with E-state index >= 15 is 0 Å². The molecule has 19 heavy (non-hydrogen) atoms. The van der Waals surface area contributed by atoms with E-state index in [1.807, 2.05) is 6.92 Å². The molecule has 2 amide bonds. The lowest BCUT2D eigenvalue weighted by molar-refractivity contribution is -0.118. The van der Waals surface area contributed by atoms with Crippen molar-refractivity contribution in [3.8, 4) is 0 Å². The number of hydrogen-bond donors (Lipinski definition) is 1. The number of aromatic nitrogens is 1. The number of primary amides is 1. The lowest BCUT2D eigenvalue weighted by atomic mass is 10.2. The largest absolute Gasteiger partial charge is 0.368 e. The zero-order valence-corrected chi connectivity index (χ0v) is 12.0. The number of amides is 2. The number of carbonyl (C=O) groups is 2. The van der Waals surface area contributed by atoms with E-state index in [-0.39, 0.29) is 28.2 Å². The molecular formula is C12H15Cl2N3O2. The van der Waals surface area contributed by atoms with Crippen molar-refractivity contribution in [2.45, 2.75) is 19.8 Å². The molecule has 1 aromatic rings. The molecule has 0 unspecified atom stereocenters. The van der Waals surface area contributed by atoms with E-state index in [0.29, 0.717) is 6.54 Å². The van der Waals surface area contributed by atoms with Gasteiger partial charge in [0.2, 0.25) is 5.91 Å². The third kappa shape index (κ3) is 4.69. The van der Waals surface area contributed by atoms with Crippen molar-refractivity contribution in [3.63, 3.8) is 0 Å². The van der Waals surface area contributed by atoms with Gasteiger partial charge in [-0.2, -0.15) is 0 Å². The molecule has 104 valence electrons. The molecule has 0 aromatic carbocycles. The van der Waals surface area contributed by atoms with Gasteiger partial charge in [0, 0.05) is 12.7 Å². The predicted octanol–water partition coefficient (Wildman–Crippen LogP) is 2.12. The van der Waals surface area contributed by atoms with Gasteiger partial charge in [0.05, 0.1) is 17.1 Å². The molecule has 0 aliphatic heterocycles. The fourth-order valence-electron chi connectivity index (χ4n) is 1.51. The lowest BCUT2D eigenvalue weighted by Crippen LogP contribution is -2.39. The molecule has 5 nitrogen and oxygen atoms in total. The van der Waals surface area contributed by atoms with Crippen molar-refractivity contribution in [3.05, 3.63) is 28.0 Å². The summed E-state index contributed by atoms with van der Waals surface area (Å²) >= 11 is 11.5. The van der Waals surface area contributed by atoms with E-state index < -0.39 is 5.91 Å². The zero-order chi connectivity index (χ0) is 14.4. The minimum absolute atomic E-state index is 0.126. The SMILES string of the molecule is CCCCN(CC(N)=O)C(=O)c1cnc(Cl)c(Cl)c1. The van der Waals surface area contributed by atoms with Gasteiger partial charge < -0.3 is 10.6 Å². The highest BCUT2D eigenvalue weighted by Crippen LogP contribution is 2.20. The van der Waals surface area contributed by atoms with Gasteiger partial charge in [-0.25, -0.2) is 4.98 Å². The van der Waals surface area contributed by atoms with Crippen LogP contribution in [0.4, 0.5) is 0 Å². The minimum atomic E-state index is -0.558. The maximum atomic E-state index is 12.2. The normalized spacial score (nSPS) is 10.3. The quantitative estimate of drug-likeness (QED) is 0.818. The Morgan fingerprint density at radius 2 is 2.11 bits per heavy atom. The summed E-state index contributed by atoms with van der Waals surface area (Å²) in [5.74, 6) is -0.893. The number of nitrogens with two attached hydrogens (primary N) is 1. The van der Waals surface area contributed by atoms with Gasteiger partial charge in [-0.05, 0) is 12.5 Å². The first kappa shape index (κ1) is 15.7. The van der Waals surface area contributed by atoms with Crippen LogP contribution in [-0.4, -0.2) is 34.8 Å². The minimum Gasteiger partial charge on any atom is -0.368 e. The van der Waals surface area contributed by atoms with Gasteiger partial charge in [-0.3, -0.25) is 9.59 Å². The van der Waals surface area contributed by atoms with E-state index in [0.717, 1.165) is 12.8 Å². The van der Waals surface area contributed by atoms with Crippen LogP contribution in [0, 0.1) is 0 Å². The topological polar surface area (TPSA) is 76.3 Å². The smallest absolute Gasteiger partial charge is 0.255 e. The van der Waals surface area contributed by atoms with Crippen LogP contribution in [-0.2, 0) is 4.79 Å². The molecule has 0 aliphatic carbocycles. The molecule has 0 spiro atoms. The van der Waals surface area contributed by atoms with Crippen molar-refractivity contribution >= 4 is 35.0 Å². The molecule has 0 fully saturated rings. The van der Waals surface area contributed by atoms with E-state index in [9.17, 15) is 9.59 Å². The van der Waals surface area contributed by atoms with Crippen molar-refractivity contribution in [2.75, 3.05) is 13.1 Å². The molecule has 0 radical (unpaired) electrons. The number of pyridine rings is 1. The van der Waals surface area contributed by atoms with Crippen molar-refractivity contribution < 1.29 is 9.59 Å². The molecule has 1 rings (SSSR count). The molecule has 0 saturated carbocycles. The number of halogens is 2. The Hall–Kier alpha value is -1.33. The highest BCUT2D eigenvalue weighted by Gasteiger charge is 2.18. The highest BCUT2D eigenvalue weighted by atomic mass is 35.5. The number of nitrogens with zero attached hydrogens (tertiary/aromatic N) is 2. The van der Waals surface area contributed by atoms with Gasteiger partial charge in [-0.1, -0.05) is 36.5 Å². The van der Waals surface area contributed by atoms with Gasteiger partial charge in [0.15, 0.2) is 0 Å². The molecule has 0 bridgehead atoms. The second-order valence-corrected chi connectivity index (χ2v) is 4.81. The van der Waals surface area contributed by atoms with Gasteiger partial charge in [-0.15, -0.1) is 0 Å². The van der Waals surface area contributed by atoms with Crippen molar-refractivity contribution in [1.29, 1.82) is 0 Å². The third-order valence-corrected chi connectivity index (χ3v) is 3.14. The van der Waals surface area contributed by atoms with Crippen molar-refractivity contribution in [1.82, 2.24) is 9.88 Å². The van der Waals surface area contributed by atoms with Gasteiger partial charge in [0.25, 0.3) is 5.91 Å². The van der Waals surface area contributed by atoms with Crippen molar-refractivity contribution in [2.24, 2.45) is 5.73 Å². The first-order valence-corrected chi connectivity index (χ1v) is 6.60. The van der Waals surface area contributed by atoms with Gasteiger partial charge in [0.1, 0.15) is 5.15 Å². The Morgan fingerprint density at radius 1 is 1.42 bits per heavy atom. The second-order valence-electron chi connectivity index (χ2n) is 4.04. The molecule has 0 saturated heterocycles. The summed E-state index contributed by atoms with van der Waals surface area (Å²) in [7, 11) is 0. The Balaban J connectivity index is 2.90. The van der Waals surface area contributed by atoms with Crippen LogP contribution in [0.2, 0.25) is 10.2 Å². The molecule has 0 atom stereocenters. The molecule has 0 aliphatic rings. The number of carbonyl (C=O) groups excluding carboxylic acids is 2. The number of hydrogen-bond acceptors (Lipinski definition) is 3. The third-order valence-electron chi connectivity index (χ3n) is 2.46. The fourth-order valence-corrected chi connectivity index (χ4v) is 1.78. The van der Waals surface area contributed by atoms with E-state index in [1.54, 1.807) is 0 Å². The number of unbranched alkanes of at least 4 members (excludes halogenated alkanes) is 1. The molecule has 1 heterocycles. The molecule has 1 aromatic heterocycles. The Kier molecular flexibility index (Phi) is 6.05. The van der Waals surface area contributed by atoms with E-state index in [2.05, 4.69) is 4.98 Å². The molecule has 2 N–H and O–H groups in total. The summed E-state index contributed by atoms with van der Waals surface area (Å²) in [6, 6.07) is 1.43. The van der Waals surface area contributed by atoms with Crippen LogP contribution in [0.3, 0.4) is 0 Å². The summed E-state index contributed by atoms with van der Waals surface area (Å²) in [5.41, 5.74) is 5.42. The molecular weight excluding hydrogens is 289 g/mol. The maximum Gasteiger partial charge on any atom is 0.255 e. The first-order chi connectivity index (χ1) is 8.95.